The van der Waals surface area contributed by atoms with E-state index in [1.807, 2.05) is 57.2 Å². The average molecular weight is 400 g/mol. The highest BCUT2D eigenvalue weighted by molar-refractivity contribution is 7.92. The Morgan fingerprint density at radius 1 is 1.11 bits per heavy atom. The van der Waals surface area contributed by atoms with Crippen LogP contribution in [0.25, 0.3) is 0 Å². The highest BCUT2D eigenvalue weighted by atomic mass is 32.2. The van der Waals surface area contributed by atoms with Crippen molar-refractivity contribution in [1.29, 1.82) is 0 Å². The van der Waals surface area contributed by atoms with E-state index in [1.165, 1.54) is 5.56 Å². The Labute approximate surface area is 166 Å². The molecule has 28 heavy (non-hydrogen) atoms. The summed E-state index contributed by atoms with van der Waals surface area (Å²) in [6.45, 7) is 5.77. The summed E-state index contributed by atoms with van der Waals surface area (Å²) in [5.74, 6) is -0.173. The molecule has 0 saturated carbocycles. The molecule has 0 saturated heterocycles. The third kappa shape index (κ3) is 4.59. The fourth-order valence-corrected chi connectivity index (χ4v) is 3.71. The molecule has 0 fully saturated rings. The molecule has 0 aliphatic carbocycles. The second-order valence-corrected chi connectivity index (χ2v) is 9.21. The van der Waals surface area contributed by atoms with Gasteiger partial charge >= 0.3 is 0 Å². The van der Waals surface area contributed by atoms with Gasteiger partial charge in [-0.15, -0.1) is 0 Å². The maximum absolute atomic E-state index is 12.7. The monoisotopic (exact) mass is 399 g/mol. The summed E-state index contributed by atoms with van der Waals surface area (Å²) in [7, 11) is -3.32. The predicted octanol–water partition coefficient (Wildman–Crippen LogP) is 3.70. The van der Waals surface area contributed by atoms with Gasteiger partial charge in [0.05, 0.1) is 18.0 Å². The Bertz CT molecular complexity index is 994. The lowest BCUT2D eigenvalue weighted by Gasteiger charge is -2.23. The summed E-state index contributed by atoms with van der Waals surface area (Å²) in [6, 6.07) is 15.1. The Kier molecular flexibility index (Phi) is 5.56. The van der Waals surface area contributed by atoms with Crippen molar-refractivity contribution >= 4 is 27.3 Å². The molecule has 1 aliphatic rings. The summed E-state index contributed by atoms with van der Waals surface area (Å²) in [6.07, 6.45) is 1.73. The average Bonchev–Trinajstić information content (AvgIpc) is 3.06. The van der Waals surface area contributed by atoms with Gasteiger partial charge in [0.15, 0.2) is 0 Å². The molecule has 148 valence electrons. The smallest absolute Gasteiger partial charge is 0.245 e. The number of aryl methyl sites for hydroxylation is 1. The first-order valence-electron chi connectivity index (χ1n) is 9.19. The third-order valence-corrected chi connectivity index (χ3v) is 5.22. The molecule has 1 N–H and O–H groups in total. The molecule has 0 spiro atoms. The Balaban J connectivity index is 1.90. The number of carbonyl (C=O) groups is 1. The Morgan fingerprint density at radius 3 is 2.25 bits per heavy atom. The van der Waals surface area contributed by atoms with Crippen LogP contribution in [0.15, 0.2) is 53.6 Å². The lowest BCUT2D eigenvalue weighted by atomic mass is 9.97. The molecule has 6 nitrogen and oxygen atoms in total. The van der Waals surface area contributed by atoms with Crippen LogP contribution < -0.4 is 4.72 Å². The number of sulfonamides is 1. The molecule has 2 aromatic carbocycles. The quantitative estimate of drug-likeness (QED) is 0.833. The van der Waals surface area contributed by atoms with Crippen LogP contribution in [0.2, 0.25) is 0 Å². The van der Waals surface area contributed by atoms with Gasteiger partial charge in [0.2, 0.25) is 15.9 Å². The molecular formula is C21H25N3O3S. The van der Waals surface area contributed by atoms with Crippen molar-refractivity contribution < 1.29 is 13.2 Å². The van der Waals surface area contributed by atoms with E-state index < -0.39 is 10.0 Å². The number of hydrogen-bond acceptors (Lipinski definition) is 4. The van der Waals surface area contributed by atoms with Gasteiger partial charge in [0, 0.05) is 18.0 Å². The van der Waals surface area contributed by atoms with Crippen molar-refractivity contribution in [3.05, 3.63) is 65.2 Å². The van der Waals surface area contributed by atoms with Gasteiger partial charge in [0.25, 0.3) is 0 Å². The molecule has 0 unspecified atom stereocenters. The van der Waals surface area contributed by atoms with E-state index in [1.54, 1.807) is 17.1 Å². The van der Waals surface area contributed by atoms with E-state index in [0.29, 0.717) is 12.1 Å². The zero-order valence-electron chi connectivity index (χ0n) is 16.5. The van der Waals surface area contributed by atoms with Gasteiger partial charge in [-0.2, -0.15) is 5.10 Å². The molecule has 2 aromatic rings. The number of hydrogen-bond donors (Lipinski definition) is 1. The highest BCUT2D eigenvalue weighted by Crippen LogP contribution is 2.34. The number of carbonyl (C=O) groups excluding carboxylic acids is 1. The summed E-state index contributed by atoms with van der Waals surface area (Å²) in [5, 5.41) is 6.22. The predicted molar refractivity (Wildman–Crippen MR) is 112 cm³/mol. The van der Waals surface area contributed by atoms with E-state index in [-0.39, 0.29) is 17.9 Å². The minimum atomic E-state index is -3.32. The van der Waals surface area contributed by atoms with Crippen molar-refractivity contribution in [2.75, 3.05) is 11.0 Å². The van der Waals surface area contributed by atoms with Crippen LogP contribution in [0.5, 0.6) is 0 Å². The van der Waals surface area contributed by atoms with Crippen LogP contribution in [0.3, 0.4) is 0 Å². The van der Waals surface area contributed by atoms with Crippen LogP contribution in [-0.4, -0.2) is 31.3 Å². The standard InChI is InChI=1S/C21H25N3O3S/c1-14(2)21(25)24-20(17-7-5-15(3)6-8-17)13-19(22-24)16-9-11-18(12-10-16)23-28(4,26)27/h5-12,14,20,23H,13H2,1-4H3/t20-/m1/s1. The van der Waals surface area contributed by atoms with Crippen molar-refractivity contribution in [3.8, 4) is 0 Å². The van der Waals surface area contributed by atoms with Gasteiger partial charge in [-0.1, -0.05) is 55.8 Å². The normalized spacial score (nSPS) is 17.0. The van der Waals surface area contributed by atoms with Crippen LogP contribution in [0.4, 0.5) is 5.69 Å². The van der Waals surface area contributed by atoms with E-state index >= 15 is 0 Å². The summed E-state index contributed by atoms with van der Waals surface area (Å²) in [5.41, 5.74) is 4.39. The SMILES string of the molecule is Cc1ccc([C@H]2CC(c3ccc(NS(C)(=O)=O)cc3)=NN2C(=O)C(C)C)cc1. The lowest BCUT2D eigenvalue weighted by Crippen LogP contribution is -2.30. The van der Waals surface area contributed by atoms with Crippen LogP contribution in [-0.2, 0) is 14.8 Å². The number of hydrazone groups is 1. The van der Waals surface area contributed by atoms with Crippen molar-refractivity contribution in [3.63, 3.8) is 0 Å². The second-order valence-electron chi connectivity index (χ2n) is 7.47. The zero-order valence-corrected chi connectivity index (χ0v) is 17.3. The van der Waals surface area contributed by atoms with Gasteiger partial charge in [-0.05, 0) is 30.2 Å². The van der Waals surface area contributed by atoms with Gasteiger partial charge < -0.3 is 0 Å². The lowest BCUT2D eigenvalue weighted by molar-refractivity contribution is -0.136. The van der Waals surface area contributed by atoms with Crippen molar-refractivity contribution in [2.45, 2.75) is 33.2 Å². The maximum atomic E-state index is 12.7. The molecule has 1 aliphatic heterocycles. The maximum Gasteiger partial charge on any atom is 0.245 e. The van der Waals surface area contributed by atoms with E-state index in [4.69, 9.17) is 0 Å². The van der Waals surface area contributed by atoms with Gasteiger partial charge in [-0.25, -0.2) is 13.4 Å². The van der Waals surface area contributed by atoms with Crippen molar-refractivity contribution in [2.24, 2.45) is 11.0 Å². The fraction of sp³-hybridized carbons (Fsp3) is 0.333. The number of nitrogens with one attached hydrogen (secondary N) is 1. The first kappa shape index (κ1) is 20.1. The minimum absolute atomic E-state index is 0.0176. The summed E-state index contributed by atoms with van der Waals surface area (Å²) in [4.78, 5) is 12.7. The Hall–Kier alpha value is -2.67. The largest absolute Gasteiger partial charge is 0.284 e. The van der Waals surface area contributed by atoms with Crippen LogP contribution in [0, 0.1) is 12.8 Å². The molecule has 1 atom stereocenters. The number of anilines is 1. The molecule has 0 radical (unpaired) electrons. The number of amides is 1. The van der Waals surface area contributed by atoms with E-state index in [9.17, 15) is 13.2 Å². The summed E-state index contributed by atoms with van der Waals surface area (Å²) < 4.78 is 25.2. The summed E-state index contributed by atoms with van der Waals surface area (Å²) >= 11 is 0. The van der Waals surface area contributed by atoms with E-state index in [2.05, 4.69) is 9.82 Å². The molecule has 1 amide bonds. The molecule has 0 bridgehead atoms. The highest BCUT2D eigenvalue weighted by Gasteiger charge is 2.34. The van der Waals surface area contributed by atoms with Gasteiger partial charge in [-0.3, -0.25) is 9.52 Å². The number of rotatable bonds is 5. The van der Waals surface area contributed by atoms with Crippen molar-refractivity contribution in [1.82, 2.24) is 5.01 Å². The third-order valence-electron chi connectivity index (χ3n) is 4.61. The van der Waals surface area contributed by atoms with Crippen LogP contribution in [0.1, 0.15) is 43.0 Å². The molecule has 0 aromatic heterocycles. The number of nitrogens with zero attached hydrogens (tertiary/aromatic N) is 2. The first-order valence-corrected chi connectivity index (χ1v) is 11.1. The molecule has 3 rings (SSSR count). The fourth-order valence-electron chi connectivity index (χ4n) is 3.15. The molecule has 7 heteroatoms. The molecule has 1 heterocycles. The molecular weight excluding hydrogens is 374 g/mol. The van der Waals surface area contributed by atoms with E-state index in [0.717, 1.165) is 23.1 Å². The topological polar surface area (TPSA) is 78.8 Å². The van der Waals surface area contributed by atoms with Gasteiger partial charge in [0.1, 0.15) is 0 Å². The van der Waals surface area contributed by atoms with Crippen LogP contribution >= 0.6 is 0 Å². The number of benzene rings is 2. The Morgan fingerprint density at radius 2 is 1.71 bits per heavy atom. The second kappa shape index (κ2) is 7.75. The minimum Gasteiger partial charge on any atom is -0.284 e. The zero-order chi connectivity index (χ0) is 20.5. The first-order chi connectivity index (χ1) is 13.1.